The Morgan fingerprint density at radius 2 is 1.89 bits per heavy atom. The number of aryl methyl sites for hydroxylation is 1. The van der Waals surface area contributed by atoms with Crippen molar-refractivity contribution in [2.75, 3.05) is 13.1 Å². The number of benzene rings is 2. The van der Waals surface area contributed by atoms with Crippen molar-refractivity contribution in [3.05, 3.63) is 76.6 Å². The van der Waals surface area contributed by atoms with Crippen LogP contribution in [0.3, 0.4) is 0 Å². The van der Waals surface area contributed by atoms with Gasteiger partial charge in [-0.2, -0.15) is 5.10 Å². The van der Waals surface area contributed by atoms with E-state index in [-0.39, 0.29) is 17.5 Å². The molecule has 3 heterocycles. The number of carbonyl (C=O) groups excluding carboxylic acids is 1. The molecule has 1 aliphatic heterocycles. The fraction of sp³-hybridized carbons (Fsp3) is 0.308. The van der Waals surface area contributed by atoms with E-state index in [1.54, 1.807) is 37.4 Å². The maximum absolute atomic E-state index is 15.4. The average molecular weight is 478 g/mol. The molecule has 0 radical (unpaired) electrons. The molecular weight excluding hydrogens is 452 g/mol. The normalized spacial score (nSPS) is 15.8. The second-order valence-corrected chi connectivity index (χ2v) is 8.94. The quantitative estimate of drug-likeness (QED) is 0.438. The molecular formula is C26H25F2N5O2. The lowest BCUT2D eigenvalue weighted by molar-refractivity contribution is -0.129. The van der Waals surface area contributed by atoms with E-state index in [9.17, 15) is 14.0 Å². The van der Waals surface area contributed by atoms with Gasteiger partial charge in [-0.25, -0.2) is 22.8 Å². The number of fused-ring (bicyclic) bond motifs is 1. The van der Waals surface area contributed by atoms with Crippen LogP contribution in [0, 0.1) is 17.6 Å². The summed E-state index contributed by atoms with van der Waals surface area (Å²) in [5.41, 5.74) is 1.64. The summed E-state index contributed by atoms with van der Waals surface area (Å²) in [6.45, 7) is 3.14. The van der Waals surface area contributed by atoms with Crippen molar-refractivity contribution in [3.63, 3.8) is 0 Å². The molecule has 35 heavy (non-hydrogen) atoms. The Balaban J connectivity index is 1.45. The standard InChI is InChI=1S/C26H25F2N5O2/c1-3-25(34)32-9-8-16(15-32)10-24-30-31(2)26(35)33(24)23-7-6-17(12-21(23)28)18-4-5-19-11-20(27)14-29-22(19)13-18/h4-7,11-14,16H,3,8-10,15H2,1-2H3. The number of hydrogen-bond acceptors (Lipinski definition) is 4. The highest BCUT2D eigenvalue weighted by atomic mass is 19.1. The largest absolute Gasteiger partial charge is 0.350 e. The molecule has 4 aromatic rings. The van der Waals surface area contributed by atoms with E-state index in [4.69, 9.17) is 0 Å². The Bertz CT molecular complexity index is 1490. The van der Waals surface area contributed by atoms with Crippen LogP contribution in [0.2, 0.25) is 0 Å². The van der Waals surface area contributed by atoms with Crippen LogP contribution in [0.15, 0.2) is 53.5 Å². The minimum Gasteiger partial charge on any atom is -0.342 e. The Labute approximate surface area is 200 Å². The van der Waals surface area contributed by atoms with E-state index in [0.29, 0.717) is 48.2 Å². The molecule has 7 nitrogen and oxygen atoms in total. The Morgan fingerprint density at radius 1 is 1.11 bits per heavy atom. The number of pyridine rings is 1. The average Bonchev–Trinajstić information content (AvgIpc) is 3.42. The van der Waals surface area contributed by atoms with Crippen molar-refractivity contribution in [2.24, 2.45) is 13.0 Å². The maximum Gasteiger partial charge on any atom is 0.350 e. The summed E-state index contributed by atoms with van der Waals surface area (Å²) in [6, 6.07) is 11.4. The van der Waals surface area contributed by atoms with Crippen molar-refractivity contribution in [2.45, 2.75) is 26.2 Å². The lowest BCUT2D eigenvalue weighted by atomic mass is 10.0. The van der Waals surface area contributed by atoms with Gasteiger partial charge in [0, 0.05) is 38.4 Å². The van der Waals surface area contributed by atoms with Gasteiger partial charge in [0.15, 0.2) is 0 Å². The van der Waals surface area contributed by atoms with Gasteiger partial charge in [0.05, 0.1) is 17.4 Å². The number of rotatable bonds is 5. The Kier molecular flexibility index (Phi) is 5.92. The second kappa shape index (κ2) is 9.05. The molecule has 1 unspecified atom stereocenters. The molecule has 1 saturated heterocycles. The number of halogens is 2. The second-order valence-electron chi connectivity index (χ2n) is 8.94. The van der Waals surface area contributed by atoms with Crippen LogP contribution < -0.4 is 5.69 Å². The van der Waals surface area contributed by atoms with Crippen LogP contribution in [-0.4, -0.2) is 43.2 Å². The van der Waals surface area contributed by atoms with E-state index < -0.39 is 17.3 Å². The van der Waals surface area contributed by atoms with Gasteiger partial charge in [0.25, 0.3) is 0 Å². The van der Waals surface area contributed by atoms with Crippen molar-refractivity contribution in [1.82, 2.24) is 24.2 Å². The van der Waals surface area contributed by atoms with Crippen molar-refractivity contribution < 1.29 is 13.6 Å². The fourth-order valence-corrected chi connectivity index (χ4v) is 4.74. The van der Waals surface area contributed by atoms with Gasteiger partial charge >= 0.3 is 5.69 Å². The van der Waals surface area contributed by atoms with Gasteiger partial charge in [0.1, 0.15) is 17.5 Å². The number of aromatic nitrogens is 4. The van der Waals surface area contributed by atoms with E-state index in [0.717, 1.165) is 18.2 Å². The molecule has 0 spiro atoms. The van der Waals surface area contributed by atoms with Gasteiger partial charge in [0.2, 0.25) is 5.91 Å². The third-order valence-corrected chi connectivity index (χ3v) is 6.58. The molecule has 0 saturated carbocycles. The number of hydrogen-bond donors (Lipinski definition) is 0. The zero-order valence-electron chi connectivity index (χ0n) is 19.5. The number of nitrogens with zero attached hydrogens (tertiary/aromatic N) is 5. The van der Waals surface area contributed by atoms with Crippen LogP contribution in [0.5, 0.6) is 0 Å². The van der Waals surface area contributed by atoms with Crippen LogP contribution >= 0.6 is 0 Å². The predicted molar refractivity (Wildman–Crippen MR) is 128 cm³/mol. The summed E-state index contributed by atoms with van der Waals surface area (Å²) in [7, 11) is 1.54. The van der Waals surface area contributed by atoms with Gasteiger partial charge in [-0.3, -0.25) is 9.78 Å². The molecule has 2 aromatic heterocycles. The first-order valence-electron chi connectivity index (χ1n) is 11.6. The van der Waals surface area contributed by atoms with Gasteiger partial charge in [-0.15, -0.1) is 0 Å². The highest BCUT2D eigenvalue weighted by molar-refractivity contribution is 5.84. The molecule has 1 atom stereocenters. The first kappa shape index (κ1) is 22.9. The summed E-state index contributed by atoms with van der Waals surface area (Å²) in [5.74, 6) is -0.234. The van der Waals surface area contributed by atoms with Crippen molar-refractivity contribution in [3.8, 4) is 16.8 Å². The summed E-state index contributed by atoms with van der Waals surface area (Å²) in [5, 5.41) is 5.02. The van der Waals surface area contributed by atoms with E-state index in [1.807, 2.05) is 11.8 Å². The molecule has 5 rings (SSSR count). The van der Waals surface area contributed by atoms with Crippen molar-refractivity contribution >= 4 is 16.8 Å². The smallest absolute Gasteiger partial charge is 0.342 e. The van der Waals surface area contributed by atoms with Crippen LogP contribution in [-0.2, 0) is 18.3 Å². The topological polar surface area (TPSA) is 73.0 Å². The minimum atomic E-state index is -0.555. The molecule has 1 aliphatic rings. The first-order chi connectivity index (χ1) is 16.8. The SMILES string of the molecule is CCC(=O)N1CCC(Cc2nn(C)c(=O)n2-c2ccc(-c3ccc4cc(F)cnc4c3)cc2F)C1. The van der Waals surface area contributed by atoms with Crippen LogP contribution in [0.4, 0.5) is 8.78 Å². The number of carbonyl (C=O) groups is 1. The molecule has 180 valence electrons. The van der Waals surface area contributed by atoms with Gasteiger partial charge < -0.3 is 4.90 Å². The fourth-order valence-electron chi connectivity index (χ4n) is 4.74. The summed E-state index contributed by atoms with van der Waals surface area (Å²) < 4.78 is 31.3. The number of likely N-dealkylation sites (tertiary alicyclic amines) is 1. The van der Waals surface area contributed by atoms with Gasteiger partial charge in [-0.1, -0.05) is 25.1 Å². The molecule has 0 bridgehead atoms. The highest BCUT2D eigenvalue weighted by Gasteiger charge is 2.28. The number of amides is 1. The molecule has 0 aliphatic carbocycles. The monoisotopic (exact) mass is 477 g/mol. The third-order valence-electron chi connectivity index (χ3n) is 6.58. The van der Waals surface area contributed by atoms with Crippen LogP contribution in [0.1, 0.15) is 25.6 Å². The molecule has 2 aromatic carbocycles. The maximum atomic E-state index is 15.4. The van der Waals surface area contributed by atoms with E-state index in [1.165, 1.54) is 21.4 Å². The molecule has 0 N–H and O–H groups in total. The summed E-state index contributed by atoms with van der Waals surface area (Å²) in [4.78, 5) is 30.8. The third kappa shape index (κ3) is 4.34. The van der Waals surface area contributed by atoms with E-state index >= 15 is 4.39 Å². The predicted octanol–water partition coefficient (Wildman–Crippen LogP) is 3.87. The lowest BCUT2D eigenvalue weighted by Gasteiger charge is -2.15. The van der Waals surface area contributed by atoms with Crippen molar-refractivity contribution in [1.29, 1.82) is 0 Å². The summed E-state index contributed by atoms with van der Waals surface area (Å²) >= 11 is 0. The molecule has 1 fully saturated rings. The minimum absolute atomic E-state index is 0.113. The molecule has 9 heteroatoms. The Hall–Kier alpha value is -3.88. The summed E-state index contributed by atoms with van der Waals surface area (Å²) in [6.07, 6.45) is 2.89. The zero-order chi connectivity index (χ0) is 24.7. The van der Waals surface area contributed by atoms with Gasteiger partial charge in [-0.05, 0) is 47.7 Å². The highest BCUT2D eigenvalue weighted by Crippen LogP contribution is 2.27. The van der Waals surface area contributed by atoms with E-state index in [2.05, 4.69) is 10.1 Å². The molecule has 1 amide bonds. The lowest BCUT2D eigenvalue weighted by Crippen LogP contribution is -2.28. The zero-order valence-corrected chi connectivity index (χ0v) is 19.5. The first-order valence-corrected chi connectivity index (χ1v) is 11.6. The van der Waals surface area contributed by atoms with Crippen LogP contribution in [0.25, 0.3) is 27.7 Å². The Morgan fingerprint density at radius 3 is 2.66 bits per heavy atom.